The molecule has 0 bridgehead atoms. The van der Waals surface area contributed by atoms with E-state index in [2.05, 4.69) is 14.5 Å². The van der Waals surface area contributed by atoms with Crippen LogP contribution in [-0.4, -0.2) is 47.9 Å². The highest BCUT2D eigenvalue weighted by atomic mass is 16.9. The number of ether oxygens (including phenoxy) is 2. The molecule has 0 saturated carbocycles. The molecule has 0 unspecified atom stereocenters. The van der Waals surface area contributed by atoms with Crippen molar-refractivity contribution >= 4 is 28.6 Å². The van der Waals surface area contributed by atoms with Crippen LogP contribution in [0.25, 0.3) is 10.9 Å². The van der Waals surface area contributed by atoms with Gasteiger partial charge in [-0.05, 0) is 11.6 Å². The summed E-state index contributed by atoms with van der Waals surface area (Å²) < 4.78 is 9.33. The predicted octanol–water partition coefficient (Wildman–Crippen LogP) is 0.863. The van der Waals surface area contributed by atoms with Crippen molar-refractivity contribution in [2.24, 2.45) is 0 Å². The molecule has 1 N–H and O–H groups in total. The standard InChI is InChI=1S/C15H14N2O6/c1-21-14(18)12-11(13(15(19)22-2)23-17(12)20)9-7-16-10-6-4-3-5-8(9)10/h3-7,11,13,16H,1-2H3/t11-,13-/m0/s1. The Bertz CT molecular complexity index is 809. The van der Waals surface area contributed by atoms with Crippen LogP contribution in [0.2, 0.25) is 0 Å². The van der Waals surface area contributed by atoms with Gasteiger partial charge in [-0.1, -0.05) is 18.2 Å². The van der Waals surface area contributed by atoms with Gasteiger partial charge in [-0.2, -0.15) is 0 Å². The van der Waals surface area contributed by atoms with Gasteiger partial charge in [0.2, 0.25) is 0 Å². The maximum atomic E-state index is 12.0. The average Bonchev–Trinajstić information content (AvgIpc) is 3.14. The summed E-state index contributed by atoms with van der Waals surface area (Å²) >= 11 is 0. The molecule has 1 aliphatic heterocycles. The average molecular weight is 318 g/mol. The van der Waals surface area contributed by atoms with Crippen LogP contribution in [0.15, 0.2) is 30.5 Å². The SMILES string of the molecule is COC(=O)C1=[N+]([O-])O[C@H](C(=O)OC)[C@H]1c1c[nH]c2ccccc12. The van der Waals surface area contributed by atoms with E-state index in [1.165, 1.54) is 7.11 Å². The summed E-state index contributed by atoms with van der Waals surface area (Å²) in [6, 6.07) is 7.32. The minimum Gasteiger partial charge on any atom is -0.468 e. The molecule has 2 atom stereocenters. The molecule has 2 aromatic rings. The number of methoxy groups -OCH3 is 2. The summed E-state index contributed by atoms with van der Waals surface area (Å²) in [6.07, 6.45) is 0.377. The summed E-state index contributed by atoms with van der Waals surface area (Å²) in [5.41, 5.74) is 1.09. The number of nitrogens with zero attached hydrogens (tertiary/aromatic N) is 1. The van der Waals surface area contributed by atoms with E-state index in [0.717, 1.165) is 18.0 Å². The molecule has 2 heterocycles. The van der Waals surface area contributed by atoms with Gasteiger partial charge in [0.1, 0.15) is 5.92 Å². The summed E-state index contributed by atoms with van der Waals surface area (Å²) in [7, 11) is 2.34. The number of aromatic amines is 1. The molecule has 0 saturated heterocycles. The van der Waals surface area contributed by atoms with Gasteiger partial charge in [0.25, 0.3) is 0 Å². The molecule has 0 spiro atoms. The van der Waals surface area contributed by atoms with Crippen LogP contribution in [0.4, 0.5) is 0 Å². The molecule has 1 aromatic carbocycles. The lowest BCUT2D eigenvalue weighted by atomic mass is 9.89. The quantitative estimate of drug-likeness (QED) is 0.665. The number of rotatable bonds is 3. The van der Waals surface area contributed by atoms with Crippen molar-refractivity contribution in [3.63, 3.8) is 0 Å². The second-order valence-corrected chi connectivity index (χ2v) is 4.95. The predicted molar refractivity (Wildman–Crippen MR) is 78.6 cm³/mol. The van der Waals surface area contributed by atoms with E-state index in [0.29, 0.717) is 5.56 Å². The maximum absolute atomic E-state index is 12.0. The van der Waals surface area contributed by atoms with Crippen molar-refractivity contribution < 1.29 is 28.8 Å². The third-order valence-electron chi connectivity index (χ3n) is 3.79. The fourth-order valence-corrected chi connectivity index (χ4v) is 2.74. The number of para-hydroxylation sites is 1. The minimum absolute atomic E-state index is 0.0276. The van der Waals surface area contributed by atoms with E-state index in [9.17, 15) is 14.8 Å². The third-order valence-corrected chi connectivity index (χ3v) is 3.79. The summed E-state index contributed by atoms with van der Waals surface area (Å²) in [6.45, 7) is 0. The number of H-pyrrole nitrogens is 1. The highest BCUT2D eigenvalue weighted by Crippen LogP contribution is 2.34. The van der Waals surface area contributed by atoms with E-state index >= 15 is 0 Å². The fourth-order valence-electron chi connectivity index (χ4n) is 2.74. The first-order valence-electron chi connectivity index (χ1n) is 6.81. The van der Waals surface area contributed by atoms with Crippen molar-refractivity contribution in [1.29, 1.82) is 0 Å². The van der Waals surface area contributed by atoms with Crippen molar-refractivity contribution in [2.75, 3.05) is 14.2 Å². The minimum atomic E-state index is -1.26. The van der Waals surface area contributed by atoms with Gasteiger partial charge in [-0.25, -0.2) is 4.79 Å². The van der Waals surface area contributed by atoms with Crippen molar-refractivity contribution in [3.05, 3.63) is 41.2 Å². The number of fused-ring (bicyclic) bond motifs is 1. The Morgan fingerprint density at radius 1 is 1.26 bits per heavy atom. The number of nitrogens with one attached hydrogen (secondary N) is 1. The molecule has 0 fully saturated rings. The van der Waals surface area contributed by atoms with E-state index in [-0.39, 0.29) is 10.6 Å². The zero-order chi connectivity index (χ0) is 16.6. The molecule has 8 nitrogen and oxygen atoms in total. The Morgan fingerprint density at radius 3 is 2.70 bits per heavy atom. The number of aromatic nitrogens is 1. The maximum Gasteiger partial charge on any atom is 0.405 e. The van der Waals surface area contributed by atoms with Crippen LogP contribution >= 0.6 is 0 Å². The Kier molecular flexibility index (Phi) is 3.65. The van der Waals surface area contributed by atoms with Gasteiger partial charge >= 0.3 is 17.7 Å². The second kappa shape index (κ2) is 5.64. The Hall–Kier alpha value is -3.03. The molecule has 0 aliphatic carbocycles. The number of benzene rings is 1. The Labute approximate surface area is 130 Å². The van der Waals surface area contributed by atoms with E-state index in [1.807, 2.05) is 24.3 Å². The first-order chi connectivity index (χ1) is 11.1. The summed E-state index contributed by atoms with van der Waals surface area (Å²) in [5.74, 6) is -2.54. The van der Waals surface area contributed by atoms with Crippen molar-refractivity contribution in [1.82, 2.24) is 4.98 Å². The first-order valence-corrected chi connectivity index (χ1v) is 6.81. The highest BCUT2D eigenvalue weighted by Gasteiger charge is 2.50. The van der Waals surface area contributed by atoms with E-state index in [4.69, 9.17) is 4.84 Å². The molecule has 1 aliphatic rings. The van der Waals surface area contributed by atoms with E-state index in [1.54, 1.807) is 6.20 Å². The van der Waals surface area contributed by atoms with Gasteiger partial charge in [0, 0.05) is 17.1 Å². The highest BCUT2D eigenvalue weighted by molar-refractivity contribution is 6.37. The zero-order valence-corrected chi connectivity index (χ0v) is 12.4. The molecule has 8 heteroatoms. The summed E-state index contributed by atoms with van der Waals surface area (Å²) in [5, 5.41) is 12.8. The fraction of sp³-hybridized carbons (Fsp3) is 0.267. The van der Waals surface area contributed by atoms with Gasteiger partial charge in [-0.15, -0.1) is 0 Å². The van der Waals surface area contributed by atoms with E-state index < -0.39 is 24.0 Å². The monoisotopic (exact) mass is 318 g/mol. The number of esters is 2. The van der Waals surface area contributed by atoms with Crippen LogP contribution in [-0.2, 0) is 23.9 Å². The number of carbonyl (C=O) groups excluding carboxylic acids is 2. The Balaban J connectivity index is 2.17. The lowest BCUT2D eigenvalue weighted by Gasteiger charge is -2.15. The van der Waals surface area contributed by atoms with Crippen LogP contribution in [0.3, 0.4) is 0 Å². The van der Waals surface area contributed by atoms with Gasteiger partial charge in [0.05, 0.1) is 19.1 Å². The molecule has 120 valence electrons. The van der Waals surface area contributed by atoms with Gasteiger partial charge < -0.3 is 19.3 Å². The molecule has 0 radical (unpaired) electrons. The molecule has 1 aromatic heterocycles. The number of carbonyl (C=O) groups is 2. The summed E-state index contributed by atoms with van der Waals surface area (Å²) in [4.78, 5) is 32.0. The largest absolute Gasteiger partial charge is 0.468 e. The number of hydrogen-bond acceptors (Lipinski definition) is 6. The molecule has 23 heavy (non-hydrogen) atoms. The van der Waals surface area contributed by atoms with Crippen LogP contribution in [0, 0.1) is 5.21 Å². The lowest BCUT2D eigenvalue weighted by Crippen LogP contribution is -2.33. The second-order valence-electron chi connectivity index (χ2n) is 4.95. The topological polar surface area (TPSA) is 104 Å². The normalized spacial score (nSPS) is 20.4. The van der Waals surface area contributed by atoms with Crippen LogP contribution < -0.4 is 0 Å². The third kappa shape index (κ3) is 2.28. The van der Waals surface area contributed by atoms with Crippen LogP contribution in [0.1, 0.15) is 11.5 Å². The van der Waals surface area contributed by atoms with Crippen molar-refractivity contribution in [2.45, 2.75) is 12.0 Å². The smallest absolute Gasteiger partial charge is 0.405 e. The molecule has 3 rings (SSSR count). The first kappa shape index (κ1) is 14.9. The molecular formula is C15H14N2O6. The number of hydrogen-bond donors (Lipinski definition) is 1. The van der Waals surface area contributed by atoms with Gasteiger partial charge in [-0.3, -0.25) is 10.0 Å². The van der Waals surface area contributed by atoms with Crippen molar-refractivity contribution in [3.8, 4) is 0 Å². The molecular weight excluding hydrogens is 304 g/mol. The Morgan fingerprint density at radius 2 is 2.00 bits per heavy atom. The lowest BCUT2D eigenvalue weighted by molar-refractivity contribution is -0.736. The van der Waals surface area contributed by atoms with Crippen LogP contribution in [0.5, 0.6) is 0 Å². The molecule has 0 amide bonds. The zero-order valence-electron chi connectivity index (χ0n) is 12.4. The van der Waals surface area contributed by atoms with Gasteiger partial charge in [0.15, 0.2) is 6.10 Å².